The van der Waals surface area contributed by atoms with Crippen molar-refractivity contribution in [1.29, 1.82) is 0 Å². The van der Waals surface area contributed by atoms with Gasteiger partial charge in [0.25, 0.3) is 5.91 Å². The Morgan fingerprint density at radius 2 is 1.96 bits per heavy atom. The summed E-state index contributed by atoms with van der Waals surface area (Å²) in [4.78, 5) is 12.2. The van der Waals surface area contributed by atoms with Gasteiger partial charge in [-0.2, -0.15) is 5.10 Å². The van der Waals surface area contributed by atoms with Crippen LogP contribution < -0.4 is 10.0 Å². The zero-order valence-corrected chi connectivity index (χ0v) is 16.4. The lowest BCUT2D eigenvalue weighted by molar-refractivity contribution is 0.0949. The number of hydrogen-bond donors (Lipinski definition) is 3. The number of benzene rings is 1. The molecule has 0 saturated carbocycles. The van der Waals surface area contributed by atoms with Crippen LogP contribution in [0.1, 0.15) is 42.5 Å². The maximum atomic E-state index is 12.6. The van der Waals surface area contributed by atoms with E-state index in [4.69, 9.17) is 0 Å². The Labute approximate surface area is 154 Å². The van der Waals surface area contributed by atoms with Gasteiger partial charge in [0.2, 0.25) is 10.0 Å². The summed E-state index contributed by atoms with van der Waals surface area (Å²) in [6.07, 6.45) is 0.470. The Kier molecular flexibility index (Phi) is 6.55. The molecule has 7 nitrogen and oxygen atoms in total. The van der Waals surface area contributed by atoms with Gasteiger partial charge in [0.1, 0.15) is 0 Å². The maximum absolute atomic E-state index is 12.6. The first-order valence-electron chi connectivity index (χ1n) is 8.59. The van der Waals surface area contributed by atoms with Crippen molar-refractivity contribution in [2.75, 3.05) is 6.54 Å². The molecule has 1 atom stereocenters. The lowest BCUT2D eigenvalue weighted by atomic mass is 10.2. The highest BCUT2D eigenvalue weighted by Gasteiger charge is 2.19. The molecule has 2 aromatic rings. The predicted octanol–water partition coefficient (Wildman–Crippen LogP) is 2.01. The van der Waals surface area contributed by atoms with Crippen LogP contribution in [0.4, 0.5) is 0 Å². The topological polar surface area (TPSA) is 104 Å². The number of aromatic nitrogens is 2. The van der Waals surface area contributed by atoms with Gasteiger partial charge in [-0.25, -0.2) is 13.1 Å². The van der Waals surface area contributed by atoms with Gasteiger partial charge in [-0.1, -0.05) is 19.9 Å². The van der Waals surface area contributed by atoms with Crippen molar-refractivity contribution in [1.82, 2.24) is 20.2 Å². The summed E-state index contributed by atoms with van der Waals surface area (Å²) in [6, 6.07) is 7.59. The lowest BCUT2D eigenvalue weighted by Gasteiger charge is -2.14. The van der Waals surface area contributed by atoms with Crippen molar-refractivity contribution in [3.63, 3.8) is 0 Å². The molecule has 0 unspecified atom stereocenters. The number of rotatable bonds is 8. The minimum absolute atomic E-state index is 0.0692. The molecule has 0 saturated heterocycles. The van der Waals surface area contributed by atoms with Gasteiger partial charge >= 0.3 is 0 Å². The SMILES string of the molecule is Cc1cc(C[C@@H](C)NS(=O)(=O)c2cccc(C(=O)NCC(C)C)c2)n[nH]1. The van der Waals surface area contributed by atoms with Gasteiger partial charge in [-0.05, 0) is 44.0 Å². The van der Waals surface area contributed by atoms with E-state index in [0.29, 0.717) is 24.4 Å². The number of carbonyl (C=O) groups excluding carboxylic acids is 1. The lowest BCUT2D eigenvalue weighted by Crippen LogP contribution is -2.34. The van der Waals surface area contributed by atoms with Crippen LogP contribution in [-0.2, 0) is 16.4 Å². The highest BCUT2D eigenvalue weighted by molar-refractivity contribution is 7.89. The Hall–Kier alpha value is -2.19. The van der Waals surface area contributed by atoms with Gasteiger partial charge < -0.3 is 5.32 Å². The van der Waals surface area contributed by atoms with Crippen molar-refractivity contribution in [3.8, 4) is 0 Å². The average molecular weight is 378 g/mol. The fourth-order valence-corrected chi connectivity index (χ4v) is 3.76. The number of nitrogens with one attached hydrogen (secondary N) is 3. The fraction of sp³-hybridized carbons (Fsp3) is 0.444. The minimum atomic E-state index is -3.73. The first-order chi connectivity index (χ1) is 12.2. The van der Waals surface area contributed by atoms with Gasteiger partial charge in [0.15, 0.2) is 0 Å². The van der Waals surface area contributed by atoms with Gasteiger partial charge in [0, 0.05) is 30.3 Å². The number of aryl methyl sites for hydroxylation is 1. The second kappa shape index (κ2) is 8.46. The fourth-order valence-electron chi connectivity index (χ4n) is 2.47. The summed E-state index contributed by atoms with van der Waals surface area (Å²) in [5.74, 6) is 0.0369. The van der Waals surface area contributed by atoms with Gasteiger partial charge in [-0.3, -0.25) is 9.89 Å². The second-order valence-corrected chi connectivity index (χ2v) is 8.61. The molecule has 26 heavy (non-hydrogen) atoms. The maximum Gasteiger partial charge on any atom is 0.251 e. The summed E-state index contributed by atoms with van der Waals surface area (Å²) in [7, 11) is -3.73. The number of sulfonamides is 1. The normalized spacial score (nSPS) is 13.0. The van der Waals surface area contributed by atoms with Crippen molar-refractivity contribution < 1.29 is 13.2 Å². The monoisotopic (exact) mass is 378 g/mol. The summed E-state index contributed by atoms with van der Waals surface area (Å²) < 4.78 is 27.8. The van der Waals surface area contributed by atoms with E-state index in [0.717, 1.165) is 11.4 Å². The van der Waals surface area contributed by atoms with E-state index in [9.17, 15) is 13.2 Å². The second-order valence-electron chi connectivity index (χ2n) is 6.90. The number of amides is 1. The number of hydrogen-bond acceptors (Lipinski definition) is 4. The van der Waals surface area contributed by atoms with Crippen LogP contribution in [0.2, 0.25) is 0 Å². The summed E-state index contributed by atoms with van der Waals surface area (Å²) in [5.41, 5.74) is 2.04. The van der Waals surface area contributed by atoms with E-state index in [-0.39, 0.29) is 16.8 Å². The number of H-pyrrole nitrogens is 1. The van der Waals surface area contributed by atoms with Crippen LogP contribution in [0.3, 0.4) is 0 Å². The molecular formula is C18H26N4O3S. The molecule has 1 aromatic carbocycles. The third-order valence-corrected chi connectivity index (χ3v) is 5.30. The molecule has 3 N–H and O–H groups in total. The van der Waals surface area contributed by atoms with Crippen molar-refractivity contribution in [3.05, 3.63) is 47.3 Å². The predicted molar refractivity (Wildman–Crippen MR) is 100 cm³/mol. The largest absolute Gasteiger partial charge is 0.352 e. The number of carbonyl (C=O) groups is 1. The van der Waals surface area contributed by atoms with E-state index in [1.165, 1.54) is 12.1 Å². The summed E-state index contributed by atoms with van der Waals surface area (Å²) in [5, 5.41) is 9.74. The van der Waals surface area contributed by atoms with Crippen LogP contribution >= 0.6 is 0 Å². The molecule has 142 valence electrons. The zero-order chi connectivity index (χ0) is 19.3. The molecule has 0 spiro atoms. The standard InChI is InChI=1S/C18H26N4O3S/c1-12(2)11-19-18(23)15-6-5-7-17(10-15)26(24,25)22-14(4)9-16-8-13(3)20-21-16/h5-8,10,12,14,22H,9,11H2,1-4H3,(H,19,23)(H,20,21)/t14-/m1/s1. The van der Waals surface area contributed by atoms with Crippen molar-refractivity contribution in [2.24, 2.45) is 5.92 Å². The van der Waals surface area contributed by atoms with E-state index < -0.39 is 10.0 Å². The molecule has 2 rings (SSSR count). The number of nitrogens with zero attached hydrogens (tertiary/aromatic N) is 1. The molecule has 0 fully saturated rings. The van der Waals surface area contributed by atoms with E-state index in [2.05, 4.69) is 20.2 Å². The molecule has 0 aliphatic heterocycles. The van der Waals surface area contributed by atoms with Gasteiger partial charge in [0.05, 0.1) is 10.6 Å². The van der Waals surface area contributed by atoms with Crippen molar-refractivity contribution >= 4 is 15.9 Å². The molecule has 8 heteroatoms. The molecule has 1 heterocycles. The Morgan fingerprint density at radius 3 is 2.58 bits per heavy atom. The Bertz CT molecular complexity index is 859. The smallest absolute Gasteiger partial charge is 0.251 e. The Morgan fingerprint density at radius 1 is 1.23 bits per heavy atom. The summed E-state index contributed by atoms with van der Waals surface area (Å²) >= 11 is 0. The van der Waals surface area contributed by atoms with E-state index in [1.807, 2.05) is 26.8 Å². The third kappa shape index (κ3) is 5.67. The van der Waals surface area contributed by atoms with E-state index in [1.54, 1.807) is 19.1 Å². The molecule has 0 aliphatic carbocycles. The minimum Gasteiger partial charge on any atom is -0.352 e. The molecule has 1 aromatic heterocycles. The Balaban J connectivity index is 2.08. The molecule has 0 bridgehead atoms. The van der Waals surface area contributed by atoms with Crippen LogP contribution in [-0.4, -0.2) is 37.1 Å². The molecule has 0 radical (unpaired) electrons. The van der Waals surface area contributed by atoms with Crippen LogP contribution in [0.5, 0.6) is 0 Å². The van der Waals surface area contributed by atoms with E-state index >= 15 is 0 Å². The van der Waals surface area contributed by atoms with Crippen LogP contribution in [0, 0.1) is 12.8 Å². The highest BCUT2D eigenvalue weighted by atomic mass is 32.2. The molecular weight excluding hydrogens is 352 g/mol. The van der Waals surface area contributed by atoms with Crippen molar-refractivity contribution in [2.45, 2.75) is 45.1 Å². The molecule has 1 amide bonds. The first-order valence-corrected chi connectivity index (χ1v) is 10.1. The van der Waals surface area contributed by atoms with Gasteiger partial charge in [-0.15, -0.1) is 0 Å². The molecule has 0 aliphatic rings. The zero-order valence-electron chi connectivity index (χ0n) is 15.5. The average Bonchev–Trinajstić information content (AvgIpc) is 2.96. The number of aromatic amines is 1. The summed E-state index contributed by atoms with van der Waals surface area (Å²) in [6.45, 7) is 8.19. The van der Waals surface area contributed by atoms with Crippen LogP contribution in [0.25, 0.3) is 0 Å². The quantitative estimate of drug-likeness (QED) is 0.653. The highest BCUT2D eigenvalue weighted by Crippen LogP contribution is 2.13. The van der Waals surface area contributed by atoms with Crippen LogP contribution in [0.15, 0.2) is 35.2 Å². The first kappa shape index (κ1) is 20.1. The third-order valence-electron chi connectivity index (χ3n) is 3.71.